The molecule has 1 heterocycles. The summed E-state index contributed by atoms with van der Waals surface area (Å²) >= 11 is 0. The minimum Gasteiger partial charge on any atom is -0.441 e. The number of carbonyl (C=O) groups is 1. The lowest BCUT2D eigenvalue weighted by Gasteiger charge is -2.22. The molecule has 21 heavy (non-hydrogen) atoms. The highest BCUT2D eigenvalue weighted by molar-refractivity contribution is 5.75. The van der Waals surface area contributed by atoms with Crippen LogP contribution in [-0.2, 0) is 6.54 Å². The van der Waals surface area contributed by atoms with Crippen LogP contribution in [0.25, 0.3) is 11.1 Å². The summed E-state index contributed by atoms with van der Waals surface area (Å²) < 4.78 is 5.50. The Bertz CT molecular complexity index is 629. The summed E-state index contributed by atoms with van der Waals surface area (Å²) in [6.07, 6.45) is 5.91. The van der Waals surface area contributed by atoms with Crippen molar-refractivity contribution in [2.24, 2.45) is 0 Å². The van der Waals surface area contributed by atoms with Gasteiger partial charge in [-0.3, -0.25) is 0 Å². The zero-order valence-corrected chi connectivity index (χ0v) is 12.3. The van der Waals surface area contributed by atoms with Crippen molar-refractivity contribution in [1.82, 2.24) is 15.6 Å². The quantitative estimate of drug-likeness (QED) is 0.910. The van der Waals surface area contributed by atoms with E-state index in [1.807, 2.05) is 25.1 Å². The van der Waals surface area contributed by atoms with Gasteiger partial charge in [0.05, 0.1) is 0 Å². The number of oxazole rings is 1. The van der Waals surface area contributed by atoms with E-state index in [1.165, 1.54) is 19.3 Å². The molecule has 1 aliphatic rings. The van der Waals surface area contributed by atoms with E-state index in [9.17, 15) is 4.79 Å². The van der Waals surface area contributed by atoms with E-state index >= 15 is 0 Å². The van der Waals surface area contributed by atoms with E-state index in [4.69, 9.17) is 4.42 Å². The van der Waals surface area contributed by atoms with Gasteiger partial charge in [-0.15, -0.1) is 0 Å². The van der Waals surface area contributed by atoms with E-state index < -0.39 is 0 Å². The Kier molecular flexibility index (Phi) is 4.08. The van der Waals surface area contributed by atoms with Gasteiger partial charge < -0.3 is 15.1 Å². The number of aromatic nitrogens is 1. The second kappa shape index (κ2) is 6.16. The van der Waals surface area contributed by atoms with Crippen molar-refractivity contribution in [1.29, 1.82) is 0 Å². The van der Waals surface area contributed by atoms with E-state index in [-0.39, 0.29) is 6.03 Å². The van der Waals surface area contributed by atoms with Gasteiger partial charge in [0.25, 0.3) is 0 Å². The molecule has 1 aromatic carbocycles. The van der Waals surface area contributed by atoms with Crippen molar-refractivity contribution in [2.45, 2.75) is 51.6 Å². The molecule has 3 rings (SSSR count). The fourth-order valence-electron chi connectivity index (χ4n) is 2.86. The summed E-state index contributed by atoms with van der Waals surface area (Å²) in [7, 11) is 0. The number of carbonyl (C=O) groups excluding carboxylic acids is 1. The predicted molar refractivity (Wildman–Crippen MR) is 81.0 cm³/mol. The number of urea groups is 1. The van der Waals surface area contributed by atoms with Gasteiger partial charge in [0.2, 0.25) is 0 Å². The Labute approximate surface area is 124 Å². The molecule has 1 aliphatic carbocycles. The minimum absolute atomic E-state index is 0.0873. The van der Waals surface area contributed by atoms with Crippen LogP contribution in [0.4, 0.5) is 4.79 Å². The highest BCUT2D eigenvalue weighted by Gasteiger charge is 2.15. The highest BCUT2D eigenvalue weighted by atomic mass is 16.3. The van der Waals surface area contributed by atoms with Gasteiger partial charge in [0.1, 0.15) is 5.52 Å². The van der Waals surface area contributed by atoms with Gasteiger partial charge in [-0.2, -0.15) is 0 Å². The molecule has 5 nitrogen and oxygen atoms in total. The fraction of sp³-hybridized carbons (Fsp3) is 0.500. The van der Waals surface area contributed by atoms with Crippen LogP contribution in [-0.4, -0.2) is 17.1 Å². The van der Waals surface area contributed by atoms with E-state index in [1.54, 1.807) is 0 Å². The Hall–Kier alpha value is -2.04. The number of amides is 2. The first kappa shape index (κ1) is 13.9. The summed E-state index contributed by atoms with van der Waals surface area (Å²) in [5, 5.41) is 5.95. The molecule has 112 valence electrons. The van der Waals surface area contributed by atoms with Crippen LogP contribution in [0.15, 0.2) is 22.6 Å². The van der Waals surface area contributed by atoms with Crippen LogP contribution < -0.4 is 10.6 Å². The zero-order valence-electron chi connectivity index (χ0n) is 12.3. The molecular formula is C16H21N3O2. The number of benzene rings is 1. The molecule has 0 radical (unpaired) electrons. The number of rotatable bonds is 3. The molecule has 2 N–H and O–H groups in total. The van der Waals surface area contributed by atoms with Crippen molar-refractivity contribution >= 4 is 17.1 Å². The lowest BCUT2D eigenvalue weighted by Crippen LogP contribution is -2.42. The predicted octanol–water partition coefficient (Wildman–Crippen LogP) is 3.27. The highest BCUT2D eigenvalue weighted by Crippen LogP contribution is 2.18. The van der Waals surface area contributed by atoms with Crippen LogP contribution in [0.1, 0.15) is 43.6 Å². The van der Waals surface area contributed by atoms with E-state index in [2.05, 4.69) is 15.6 Å². The number of aryl methyl sites for hydroxylation is 1. The number of fused-ring (bicyclic) bond motifs is 1. The lowest BCUT2D eigenvalue weighted by atomic mass is 9.96. The van der Waals surface area contributed by atoms with Crippen LogP contribution in [0.2, 0.25) is 0 Å². The van der Waals surface area contributed by atoms with Crippen molar-refractivity contribution in [3.8, 4) is 0 Å². The van der Waals surface area contributed by atoms with Crippen LogP contribution >= 0.6 is 0 Å². The zero-order chi connectivity index (χ0) is 14.7. The third-order valence-corrected chi connectivity index (χ3v) is 3.95. The minimum atomic E-state index is -0.0873. The SMILES string of the molecule is Cc1nc2ccc(CNC(=O)NC3CCCCC3)cc2o1. The molecule has 0 atom stereocenters. The van der Waals surface area contributed by atoms with Gasteiger partial charge >= 0.3 is 6.03 Å². The molecule has 0 saturated heterocycles. The molecule has 0 aliphatic heterocycles. The fourth-order valence-corrected chi connectivity index (χ4v) is 2.86. The van der Waals surface area contributed by atoms with Crippen molar-refractivity contribution in [3.05, 3.63) is 29.7 Å². The smallest absolute Gasteiger partial charge is 0.315 e. The standard InChI is InChI=1S/C16H21N3O2/c1-11-18-14-8-7-12(9-15(14)21-11)10-17-16(20)19-13-5-3-2-4-6-13/h7-9,13H,2-6,10H2,1H3,(H2,17,19,20). The first-order valence-corrected chi connectivity index (χ1v) is 7.61. The third kappa shape index (κ3) is 3.54. The average Bonchev–Trinajstić information content (AvgIpc) is 2.85. The molecule has 2 amide bonds. The number of nitrogens with one attached hydrogen (secondary N) is 2. The summed E-state index contributed by atoms with van der Waals surface area (Å²) in [6.45, 7) is 2.32. The number of nitrogens with zero attached hydrogens (tertiary/aromatic N) is 1. The molecule has 1 aromatic heterocycles. The Morgan fingerprint density at radius 3 is 2.95 bits per heavy atom. The molecule has 1 saturated carbocycles. The average molecular weight is 287 g/mol. The molecule has 2 aromatic rings. The molecule has 0 spiro atoms. The largest absolute Gasteiger partial charge is 0.441 e. The molecule has 0 unspecified atom stereocenters. The van der Waals surface area contributed by atoms with Crippen molar-refractivity contribution in [2.75, 3.05) is 0 Å². The van der Waals surface area contributed by atoms with Gasteiger partial charge in [0, 0.05) is 19.5 Å². The van der Waals surface area contributed by atoms with Crippen LogP contribution in [0.3, 0.4) is 0 Å². The summed E-state index contributed by atoms with van der Waals surface area (Å²) in [5.74, 6) is 0.658. The summed E-state index contributed by atoms with van der Waals surface area (Å²) in [4.78, 5) is 16.2. The topological polar surface area (TPSA) is 67.2 Å². The maximum Gasteiger partial charge on any atom is 0.315 e. The van der Waals surface area contributed by atoms with Crippen molar-refractivity contribution in [3.63, 3.8) is 0 Å². The molecule has 1 fully saturated rings. The second-order valence-electron chi connectivity index (χ2n) is 5.70. The van der Waals surface area contributed by atoms with Gasteiger partial charge in [-0.1, -0.05) is 25.3 Å². The molecule has 0 bridgehead atoms. The number of hydrogen-bond donors (Lipinski definition) is 2. The van der Waals surface area contributed by atoms with Crippen LogP contribution in [0.5, 0.6) is 0 Å². The van der Waals surface area contributed by atoms with Crippen molar-refractivity contribution < 1.29 is 9.21 Å². The summed E-state index contributed by atoms with van der Waals surface area (Å²) in [5.41, 5.74) is 2.62. The van der Waals surface area contributed by atoms with Gasteiger partial charge in [0.15, 0.2) is 11.5 Å². The van der Waals surface area contributed by atoms with Gasteiger partial charge in [-0.05, 0) is 30.5 Å². The molecule has 5 heteroatoms. The van der Waals surface area contributed by atoms with Gasteiger partial charge in [-0.25, -0.2) is 9.78 Å². The first-order chi connectivity index (χ1) is 10.2. The Morgan fingerprint density at radius 1 is 1.33 bits per heavy atom. The normalized spacial score (nSPS) is 16.0. The maximum absolute atomic E-state index is 11.9. The summed E-state index contributed by atoms with van der Waals surface area (Å²) in [6, 6.07) is 6.05. The second-order valence-corrected chi connectivity index (χ2v) is 5.70. The third-order valence-electron chi connectivity index (χ3n) is 3.95. The van der Waals surface area contributed by atoms with Crippen LogP contribution in [0, 0.1) is 6.92 Å². The molecular weight excluding hydrogens is 266 g/mol. The Balaban J connectivity index is 1.54. The maximum atomic E-state index is 11.9. The first-order valence-electron chi connectivity index (χ1n) is 7.61. The van der Waals surface area contributed by atoms with E-state index in [0.717, 1.165) is 29.5 Å². The number of hydrogen-bond acceptors (Lipinski definition) is 3. The van der Waals surface area contributed by atoms with E-state index in [0.29, 0.717) is 18.5 Å². The monoisotopic (exact) mass is 287 g/mol. The Morgan fingerprint density at radius 2 is 2.14 bits per heavy atom. The lowest BCUT2D eigenvalue weighted by molar-refractivity contribution is 0.232.